The lowest BCUT2D eigenvalue weighted by Crippen LogP contribution is -2.50. The summed E-state index contributed by atoms with van der Waals surface area (Å²) in [5, 5.41) is 17.9. The fraction of sp³-hybridized carbons (Fsp3) is 0.333. The average Bonchev–Trinajstić information content (AvgIpc) is 2.79. The van der Waals surface area contributed by atoms with Crippen molar-refractivity contribution in [3.8, 4) is 5.75 Å². The number of nitrogens with zero attached hydrogens (tertiary/aromatic N) is 2. The van der Waals surface area contributed by atoms with Crippen LogP contribution < -0.4 is 20.7 Å². The predicted octanol–water partition coefficient (Wildman–Crippen LogP) is 0.998. The third-order valence-electron chi connectivity index (χ3n) is 4.59. The Kier molecular flexibility index (Phi) is 7.91. The highest BCUT2D eigenvalue weighted by Crippen LogP contribution is 2.18. The normalized spacial score (nSPS) is 20.0. The van der Waals surface area contributed by atoms with Gasteiger partial charge >= 0.3 is 6.03 Å². The number of hydrogen-bond donors (Lipinski definition) is 4. The van der Waals surface area contributed by atoms with Crippen molar-refractivity contribution in [2.45, 2.75) is 31.2 Å². The summed E-state index contributed by atoms with van der Waals surface area (Å²) >= 11 is 0. The van der Waals surface area contributed by atoms with Crippen molar-refractivity contribution in [2.24, 2.45) is 0 Å². The van der Waals surface area contributed by atoms with E-state index in [1.165, 1.54) is 6.33 Å². The number of urea groups is 1. The van der Waals surface area contributed by atoms with Crippen LogP contribution in [0.2, 0.25) is 0 Å². The molecule has 31 heavy (non-hydrogen) atoms. The maximum Gasteiger partial charge on any atom is 0.319 e. The Morgan fingerprint density at radius 1 is 1.26 bits per heavy atom. The lowest BCUT2D eigenvalue weighted by atomic mass is 10.0. The summed E-state index contributed by atoms with van der Waals surface area (Å²) in [5.74, 6) is 0.403. The summed E-state index contributed by atoms with van der Waals surface area (Å²) in [5.41, 5.74) is 1.26. The van der Waals surface area contributed by atoms with Gasteiger partial charge in [0.2, 0.25) is 5.91 Å². The van der Waals surface area contributed by atoms with Crippen LogP contribution >= 0.6 is 0 Å². The van der Waals surface area contributed by atoms with Crippen molar-refractivity contribution >= 4 is 17.6 Å². The van der Waals surface area contributed by atoms with E-state index < -0.39 is 24.3 Å². The Hall–Kier alpha value is -3.50. The van der Waals surface area contributed by atoms with E-state index in [-0.39, 0.29) is 25.5 Å². The molecule has 1 aliphatic rings. The van der Waals surface area contributed by atoms with E-state index in [4.69, 9.17) is 9.47 Å². The molecule has 0 bridgehead atoms. The summed E-state index contributed by atoms with van der Waals surface area (Å²) in [4.78, 5) is 32.4. The first-order valence-corrected chi connectivity index (χ1v) is 9.75. The fourth-order valence-corrected chi connectivity index (χ4v) is 3.02. The molecule has 3 rings (SSSR count). The van der Waals surface area contributed by atoms with Gasteiger partial charge < -0.3 is 30.5 Å². The van der Waals surface area contributed by atoms with Gasteiger partial charge in [-0.25, -0.2) is 14.8 Å². The summed E-state index contributed by atoms with van der Waals surface area (Å²) in [6.45, 7) is -0.0245. The molecule has 0 aliphatic carbocycles. The van der Waals surface area contributed by atoms with E-state index in [0.29, 0.717) is 17.1 Å². The number of anilines is 1. The van der Waals surface area contributed by atoms with Crippen molar-refractivity contribution in [1.29, 1.82) is 0 Å². The van der Waals surface area contributed by atoms with Crippen molar-refractivity contribution in [2.75, 3.05) is 19.0 Å². The van der Waals surface area contributed by atoms with Crippen LogP contribution in [0.1, 0.15) is 12.1 Å². The number of rotatable bonds is 8. The van der Waals surface area contributed by atoms with Crippen molar-refractivity contribution in [1.82, 2.24) is 20.6 Å². The third kappa shape index (κ3) is 6.76. The second-order valence-electron chi connectivity index (χ2n) is 6.82. The zero-order valence-electron chi connectivity index (χ0n) is 17.0. The predicted molar refractivity (Wildman–Crippen MR) is 112 cm³/mol. The lowest BCUT2D eigenvalue weighted by molar-refractivity contribution is -0.125. The monoisotopic (exact) mass is 427 g/mol. The zero-order valence-corrected chi connectivity index (χ0v) is 17.0. The number of aliphatic hydroxyl groups is 1. The Balaban J connectivity index is 1.49. The Bertz CT molecular complexity index is 908. The quantitative estimate of drug-likeness (QED) is 0.462. The van der Waals surface area contributed by atoms with Crippen molar-refractivity contribution in [3.05, 3.63) is 60.7 Å². The summed E-state index contributed by atoms with van der Waals surface area (Å²) in [6, 6.07) is 7.66. The molecule has 1 aliphatic heterocycles. The highest BCUT2D eigenvalue weighted by Gasteiger charge is 2.29. The van der Waals surface area contributed by atoms with Gasteiger partial charge in [-0.15, -0.1) is 0 Å². The minimum Gasteiger partial charge on any atom is -0.497 e. The van der Waals surface area contributed by atoms with Crippen LogP contribution in [0, 0.1) is 0 Å². The average molecular weight is 427 g/mol. The van der Waals surface area contributed by atoms with E-state index in [1.54, 1.807) is 55.8 Å². The molecule has 0 fully saturated rings. The minimum absolute atomic E-state index is 0.0841. The smallest absolute Gasteiger partial charge is 0.319 e. The first kappa shape index (κ1) is 22.2. The Labute approximate surface area is 179 Å². The molecule has 1 aromatic heterocycles. The van der Waals surface area contributed by atoms with Gasteiger partial charge in [0.15, 0.2) is 0 Å². The third-order valence-corrected chi connectivity index (χ3v) is 4.59. The molecule has 10 nitrogen and oxygen atoms in total. The van der Waals surface area contributed by atoms with Crippen molar-refractivity contribution in [3.63, 3.8) is 0 Å². The summed E-state index contributed by atoms with van der Waals surface area (Å²) in [7, 11) is 1.54. The summed E-state index contributed by atoms with van der Waals surface area (Å²) < 4.78 is 10.9. The van der Waals surface area contributed by atoms with Crippen LogP contribution in [0.25, 0.3) is 0 Å². The number of amides is 3. The zero-order chi connectivity index (χ0) is 22.1. The van der Waals surface area contributed by atoms with Gasteiger partial charge in [0.1, 0.15) is 18.2 Å². The number of aliphatic hydroxyl groups excluding tert-OH is 1. The minimum atomic E-state index is -0.680. The molecule has 3 atom stereocenters. The molecule has 4 N–H and O–H groups in total. The van der Waals surface area contributed by atoms with E-state index >= 15 is 0 Å². The molecule has 3 amide bonds. The lowest BCUT2D eigenvalue weighted by Gasteiger charge is -2.31. The molecule has 0 saturated heterocycles. The van der Waals surface area contributed by atoms with Gasteiger partial charge in [-0.2, -0.15) is 0 Å². The molecule has 0 spiro atoms. The number of hydrogen-bond acceptors (Lipinski definition) is 7. The van der Waals surface area contributed by atoms with Gasteiger partial charge in [-0.1, -0.05) is 18.2 Å². The summed E-state index contributed by atoms with van der Waals surface area (Å²) in [6.07, 6.45) is 5.33. The molecule has 0 unspecified atom stereocenters. The molecule has 164 valence electrons. The number of ether oxygens (including phenoxy) is 2. The number of carbonyl (C=O) groups excluding carboxylic acids is 2. The van der Waals surface area contributed by atoms with Gasteiger partial charge in [0, 0.05) is 18.0 Å². The molecular formula is C21H25N5O5. The first-order valence-electron chi connectivity index (χ1n) is 9.75. The van der Waals surface area contributed by atoms with E-state index in [9.17, 15) is 14.7 Å². The maximum atomic E-state index is 12.3. The molecule has 10 heteroatoms. The van der Waals surface area contributed by atoms with E-state index in [1.807, 2.05) is 0 Å². The van der Waals surface area contributed by atoms with Gasteiger partial charge in [-0.3, -0.25) is 4.79 Å². The molecule has 2 heterocycles. The molecule has 0 saturated carbocycles. The number of nitrogens with one attached hydrogen (secondary N) is 3. The van der Waals surface area contributed by atoms with Gasteiger partial charge in [0.05, 0.1) is 44.5 Å². The SMILES string of the molecule is COc1cccc(NC(=O)N[C@H]2C=C[C@H](CC(=O)NCc3ccncn3)O[C@@H]2CO)c1. The standard InChI is InChI=1S/C21H25N5O5/c1-30-16-4-2-3-14(9-16)25-21(29)26-18-6-5-17(31-19(18)12-27)10-20(28)23-11-15-7-8-22-13-24-15/h2-9,13,17-19,27H,10-12H2,1H3,(H,23,28)(H2,25,26,29)/t17-,18+,19-/m1/s1. The molecule has 0 radical (unpaired) electrons. The van der Waals surface area contributed by atoms with E-state index in [2.05, 4.69) is 25.9 Å². The maximum absolute atomic E-state index is 12.3. The van der Waals surface area contributed by atoms with Gasteiger partial charge in [0.25, 0.3) is 0 Å². The largest absolute Gasteiger partial charge is 0.497 e. The Morgan fingerprint density at radius 2 is 2.13 bits per heavy atom. The highest BCUT2D eigenvalue weighted by molar-refractivity contribution is 5.89. The topological polar surface area (TPSA) is 135 Å². The van der Waals surface area contributed by atoms with E-state index in [0.717, 1.165) is 0 Å². The van der Waals surface area contributed by atoms with Crippen LogP contribution in [0.5, 0.6) is 5.75 Å². The molecule has 2 aromatic rings. The van der Waals surface area contributed by atoms with Crippen LogP contribution in [0.15, 0.2) is 55.0 Å². The van der Waals surface area contributed by atoms with Crippen LogP contribution in [-0.4, -0.2) is 59.0 Å². The highest BCUT2D eigenvalue weighted by atomic mass is 16.5. The van der Waals surface area contributed by atoms with Crippen molar-refractivity contribution < 1.29 is 24.2 Å². The van der Waals surface area contributed by atoms with Crippen LogP contribution in [0.3, 0.4) is 0 Å². The second kappa shape index (κ2) is 11.0. The number of aromatic nitrogens is 2. The fourth-order valence-electron chi connectivity index (χ4n) is 3.02. The molecule has 1 aromatic carbocycles. The second-order valence-corrected chi connectivity index (χ2v) is 6.82. The first-order chi connectivity index (χ1) is 15.1. The van der Waals surface area contributed by atoms with Crippen LogP contribution in [-0.2, 0) is 16.1 Å². The van der Waals surface area contributed by atoms with Crippen LogP contribution in [0.4, 0.5) is 10.5 Å². The number of benzene rings is 1. The number of carbonyl (C=O) groups is 2. The van der Waals surface area contributed by atoms with Gasteiger partial charge in [-0.05, 0) is 18.2 Å². The molecular weight excluding hydrogens is 402 g/mol. The number of methoxy groups -OCH3 is 1. The Morgan fingerprint density at radius 3 is 2.87 bits per heavy atom.